The average Bonchev–Trinajstić information content (AvgIpc) is 2.89. The smallest absolute Gasteiger partial charge is 0.257 e. The number of hydrogen-bond acceptors (Lipinski definition) is 7. The first-order valence-electron chi connectivity index (χ1n) is 10.3. The van der Waals surface area contributed by atoms with Crippen LogP contribution in [0.2, 0.25) is 0 Å². The van der Waals surface area contributed by atoms with Crippen molar-refractivity contribution in [2.24, 2.45) is 20.4 Å². The molecule has 174 valence electrons. The number of ether oxygens (including phenoxy) is 3. The highest BCUT2D eigenvalue weighted by Gasteiger charge is 1.97. The van der Waals surface area contributed by atoms with Crippen LogP contribution in [0.3, 0.4) is 0 Å². The minimum atomic E-state index is 0.235. The maximum atomic E-state index is 5.16. The van der Waals surface area contributed by atoms with E-state index in [-0.39, 0.29) is 5.96 Å². The summed E-state index contributed by atoms with van der Waals surface area (Å²) in [6, 6.07) is 22.4. The SMILES string of the molecule is COc1ccc(C=NN=C(NN=Cc2ccc(OC)cc2)NN=Cc2ccc(OC)cc2)cc1. The van der Waals surface area contributed by atoms with Crippen LogP contribution in [-0.2, 0) is 0 Å². The first kappa shape index (κ1) is 24.0. The molecule has 0 heterocycles. The molecule has 34 heavy (non-hydrogen) atoms. The molecule has 0 unspecified atom stereocenters. The summed E-state index contributed by atoms with van der Waals surface area (Å²) >= 11 is 0. The molecular formula is C25H26N6O3. The number of nitrogens with one attached hydrogen (secondary N) is 2. The third-order valence-electron chi connectivity index (χ3n) is 4.48. The fourth-order valence-corrected chi connectivity index (χ4v) is 2.63. The summed E-state index contributed by atoms with van der Waals surface area (Å²) in [6.07, 6.45) is 4.91. The zero-order valence-electron chi connectivity index (χ0n) is 19.2. The summed E-state index contributed by atoms with van der Waals surface area (Å²) in [5, 5.41) is 16.7. The number of rotatable bonds is 9. The first-order valence-corrected chi connectivity index (χ1v) is 10.3. The molecule has 0 spiro atoms. The van der Waals surface area contributed by atoms with Crippen LogP contribution in [-0.4, -0.2) is 45.9 Å². The summed E-state index contributed by atoms with van der Waals surface area (Å²) in [5.74, 6) is 2.55. The van der Waals surface area contributed by atoms with Crippen LogP contribution in [0.1, 0.15) is 16.7 Å². The highest BCUT2D eigenvalue weighted by Crippen LogP contribution is 2.11. The van der Waals surface area contributed by atoms with Gasteiger partial charge in [-0.3, -0.25) is 0 Å². The van der Waals surface area contributed by atoms with E-state index in [1.165, 1.54) is 0 Å². The van der Waals surface area contributed by atoms with E-state index in [1.807, 2.05) is 72.8 Å². The molecule has 0 aromatic heterocycles. The summed E-state index contributed by atoms with van der Waals surface area (Å²) in [5.41, 5.74) is 8.27. The topological polar surface area (TPSA) is 101 Å². The molecule has 0 fully saturated rings. The van der Waals surface area contributed by atoms with Gasteiger partial charge in [0, 0.05) is 0 Å². The molecule has 3 aromatic carbocycles. The van der Waals surface area contributed by atoms with E-state index in [9.17, 15) is 0 Å². The first-order chi connectivity index (χ1) is 16.7. The van der Waals surface area contributed by atoms with Crippen molar-refractivity contribution in [3.8, 4) is 17.2 Å². The molecule has 9 nitrogen and oxygen atoms in total. The number of nitrogens with zero attached hydrogens (tertiary/aromatic N) is 4. The number of hydrogen-bond donors (Lipinski definition) is 2. The highest BCUT2D eigenvalue weighted by molar-refractivity contribution is 5.86. The Bertz CT molecular complexity index is 1080. The Morgan fingerprint density at radius 2 is 0.912 bits per heavy atom. The highest BCUT2D eigenvalue weighted by atomic mass is 16.5. The van der Waals surface area contributed by atoms with Gasteiger partial charge in [-0.1, -0.05) is 0 Å². The Balaban J connectivity index is 1.68. The van der Waals surface area contributed by atoms with Gasteiger partial charge in [0.25, 0.3) is 5.96 Å². The van der Waals surface area contributed by atoms with Gasteiger partial charge in [-0.2, -0.15) is 15.3 Å². The van der Waals surface area contributed by atoms with Crippen molar-refractivity contribution in [3.63, 3.8) is 0 Å². The lowest BCUT2D eigenvalue weighted by atomic mass is 10.2. The van der Waals surface area contributed by atoms with E-state index in [0.717, 1.165) is 33.9 Å². The van der Waals surface area contributed by atoms with Crippen LogP contribution in [0.4, 0.5) is 0 Å². The number of benzene rings is 3. The zero-order valence-corrected chi connectivity index (χ0v) is 19.2. The average molecular weight is 459 g/mol. The zero-order chi connectivity index (χ0) is 24.0. The fourth-order valence-electron chi connectivity index (χ4n) is 2.63. The van der Waals surface area contributed by atoms with Gasteiger partial charge in [-0.25, -0.2) is 10.9 Å². The van der Waals surface area contributed by atoms with Gasteiger partial charge in [-0.15, -0.1) is 5.10 Å². The van der Waals surface area contributed by atoms with Crippen LogP contribution in [0.25, 0.3) is 0 Å². The molecule has 0 aliphatic heterocycles. The Kier molecular flexibility index (Phi) is 9.19. The predicted molar refractivity (Wildman–Crippen MR) is 135 cm³/mol. The van der Waals surface area contributed by atoms with E-state index < -0.39 is 0 Å². The molecular weight excluding hydrogens is 432 g/mol. The van der Waals surface area contributed by atoms with Crippen LogP contribution in [0.15, 0.2) is 93.2 Å². The lowest BCUT2D eigenvalue weighted by Crippen LogP contribution is -2.30. The normalized spacial score (nSPS) is 11.0. The van der Waals surface area contributed by atoms with Gasteiger partial charge < -0.3 is 14.2 Å². The van der Waals surface area contributed by atoms with Crippen molar-refractivity contribution in [1.82, 2.24) is 10.9 Å². The van der Waals surface area contributed by atoms with Crippen LogP contribution in [0, 0.1) is 0 Å². The summed E-state index contributed by atoms with van der Waals surface area (Å²) < 4.78 is 15.5. The van der Waals surface area contributed by atoms with E-state index in [2.05, 4.69) is 31.3 Å². The van der Waals surface area contributed by atoms with Crippen LogP contribution < -0.4 is 25.1 Å². The molecule has 0 radical (unpaired) electrons. The van der Waals surface area contributed by atoms with Gasteiger partial charge in [0.1, 0.15) is 17.2 Å². The molecule has 0 aliphatic carbocycles. The molecule has 3 rings (SSSR count). The molecule has 0 saturated heterocycles. The van der Waals surface area contributed by atoms with E-state index >= 15 is 0 Å². The van der Waals surface area contributed by atoms with E-state index in [0.29, 0.717) is 0 Å². The van der Waals surface area contributed by atoms with Crippen LogP contribution >= 0.6 is 0 Å². The second kappa shape index (κ2) is 13.0. The molecule has 2 N–H and O–H groups in total. The van der Waals surface area contributed by atoms with Gasteiger partial charge >= 0.3 is 0 Å². The molecule has 3 aromatic rings. The summed E-state index contributed by atoms with van der Waals surface area (Å²) in [4.78, 5) is 0. The van der Waals surface area contributed by atoms with Gasteiger partial charge in [0.2, 0.25) is 0 Å². The second-order valence-corrected chi connectivity index (χ2v) is 6.75. The third-order valence-corrected chi connectivity index (χ3v) is 4.48. The Morgan fingerprint density at radius 1 is 0.559 bits per heavy atom. The predicted octanol–water partition coefficient (Wildman–Crippen LogP) is 3.65. The Labute approximate surface area is 198 Å². The van der Waals surface area contributed by atoms with E-state index in [4.69, 9.17) is 14.2 Å². The van der Waals surface area contributed by atoms with Crippen molar-refractivity contribution in [1.29, 1.82) is 0 Å². The molecule has 0 saturated carbocycles. The molecule has 0 amide bonds. The molecule has 0 bridgehead atoms. The standard InChI is InChI=1S/C25H26N6O3/c1-32-22-10-4-19(5-11-22)16-26-29-25(30-27-17-20-6-12-23(33-2)13-7-20)31-28-18-21-8-14-24(34-3)15-9-21/h4-18H,1-3H3,(H2,29,30,31). The number of guanidine groups is 1. The maximum absolute atomic E-state index is 5.16. The van der Waals surface area contributed by atoms with Crippen LogP contribution in [0.5, 0.6) is 17.2 Å². The number of hydrazone groups is 2. The lowest BCUT2D eigenvalue weighted by Gasteiger charge is -2.03. The lowest BCUT2D eigenvalue weighted by molar-refractivity contribution is 0.414. The third kappa shape index (κ3) is 7.79. The van der Waals surface area contributed by atoms with Crippen molar-refractivity contribution >= 4 is 24.6 Å². The molecule has 0 atom stereocenters. The fraction of sp³-hybridized carbons (Fsp3) is 0.120. The molecule has 9 heteroatoms. The summed E-state index contributed by atoms with van der Waals surface area (Å²) in [7, 11) is 4.87. The Hall–Kier alpha value is -4.66. The van der Waals surface area contributed by atoms with Gasteiger partial charge in [-0.05, 0) is 89.5 Å². The number of methoxy groups -OCH3 is 3. The van der Waals surface area contributed by atoms with Crippen molar-refractivity contribution in [3.05, 3.63) is 89.5 Å². The summed E-state index contributed by atoms with van der Waals surface area (Å²) in [6.45, 7) is 0. The van der Waals surface area contributed by atoms with Crippen molar-refractivity contribution < 1.29 is 14.2 Å². The van der Waals surface area contributed by atoms with E-state index in [1.54, 1.807) is 40.0 Å². The van der Waals surface area contributed by atoms with Crippen molar-refractivity contribution in [2.75, 3.05) is 21.3 Å². The minimum Gasteiger partial charge on any atom is -0.497 e. The maximum Gasteiger partial charge on any atom is 0.257 e. The molecule has 0 aliphatic rings. The van der Waals surface area contributed by atoms with Gasteiger partial charge in [0.15, 0.2) is 0 Å². The Morgan fingerprint density at radius 3 is 1.26 bits per heavy atom. The van der Waals surface area contributed by atoms with Gasteiger partial charge in [0.05, 0.1) is 40.0 Å². The quantitative estimate of drug-likeness (QED) is 0.290. The monoisotopic (exact) mass is 458 g/mol. The largest absolute Gasteiger partial charge is 0.497 e. The minimum absolute atomic E-state index is 0.235. The van der Waals surface area contributed by atoms with Crippen molar-refractivity contribution in [2.45, 2.75) is 0 Å². The second-order valence-electron chi connectivity index (χ2n) is 6.75.